The van der Waals surface area contributed by atoms with Crippen LogP contribution in [0.2, 0.25) is 0 Å². The highest BCUT2D eigenvalue weighted by Crippen LogP contribution is 2.69. The van der Waals surface area contributed by atoms with E-state index in [1.54, 1.807) is 0 Å². The number of aliphatic hydroxyl groups is 1. The van der Waals surface area contributed by atoms with E-state index in [1.165, 1.54) is 19.3 Å². The Bertz CT molecular complexity index is 150. The standard InChI is InChI=1S/C9H14O/c10-4-7-8-5-1-2-6(3-5)9(7)8/h5-10H,1-4H2. The summed E-state index contributed by atoms with van der Waals surface area (Å²) in [4.78, 5) is 0. The molecule has 3 aliphatic carbocycles. The number of hydrogen-bond donors (Lipinski definition) is 1. The summed E-state index contributed by atoms with van der Waals surface area (Å²) in [6, 6.07) is 0. The van der Waals surface area contributed by atoms with Crippen molar-refractivity contribution in [3.63, 3.8) is 0 Å². The molecule has 0 saturated heterocycles. The van der Waals surface area contributed by atoms with Gasteiger partial charge in [0.05, 0.1) is 0 Å². The minimum Gasteiger partial charge on any atom is -0.396 e. The van der Waals surface area contributed by atoms with Crippen molar-refractivity contribution in [1.29, 1.82) is 0 Å². The number of fused-ring (bicyclic) bond motifs is 5. The molecule has 0 spiro atoms. The van der Waals surface area contributed by atoms with E-state index < -0.39 is 0 Å². The summed E-state index contributed by atoms with van der Waals surface area (Å²) in [6.07, 6.45) is 4.45. The van der Waals surface area contributed by atoms with Crippen LogP contribution in [0.1, 0.15) is 19.3 Å². The number of hydrogen-bond acceptors (Lipinski definition) is 1. The largest absolute Gasteiger partial charge is 0.396 e. The summed E-state index contributed by atoms with van der Waals surface area (Å²) in [5, 5.41) is 8.98. The lowest BCUT2D eigenvalue weighted by Crippen LogP contribution is -2.00. The third-order valence-electron chi connectivity index (χ3n) is 4.11. The second-order valence-electron chi connectivity index (χ2n) is 4.33. The molecule has 3 saturated carbocycles. The molecule has 4 unspecified atom stereocenters. The van der Waals surface area contributed by atoms with Crippen molar-refractivity contribution < 1.29 is 5.11 Å². The molecule has 0 heterocycles. The second-order valence-corrected chi connectivity index (χ2v) is 4.33. The lowest BCUT2D eigenvalue weighted by molar-refractivity contribution is 0.244. The maximum Gasteiger partial charge on any atom is 0.0464 e. The summed E-state index contributed by atoms with van der Waals surface area (Å²) in [5.41, 5.74) is 0. The molecular formula is C9H14O. The maximum atomic E-state index is 8.98. The number of rotatable bonds is 1. The summed E-state index contributed by atoms with van der Waals surface area (Å²) in [6.45, 7) is 0.475. The van der Waals surface area contributed by atoms with E-state index >= 15 is 0 Å². The van der Waals surface area contributed by atoms with Crippen LogP contribution >= 0.6 is 0 Å². The minimum absolute atomic E-state index is 0.475. The van der Waals surface area contributed by atoms with Crippen molar-refractivity contribution >= 4 is 0 Å². The van der Waals surface area contributed by atoms with Crippen molar-refractivity contribution in [3.05, 3.63) is 0 Å². The average molecular weight is 138 g/mol. The van der Waals surface area contributed by atoms with Crippen molar-refractivity contribution in [2.75, 3.05) is 6.61 Å². The summed E-state index contributed by atoms with van der Waals surface area (Å²) < 4.78 is 0. The van der Waals surface area contributed by atoms with E-state index in [9.17, 15) is 0 Å². The highest BCUT2D eigenvalue weighted by Gasteiger charge is 2.64. The number of aliphatic hydroxyl groups excluding tert-OH is 1. The zero-order chi connectivity index (χ0) is 6.72. The van der Waals surface area contributed by atoms with Crippen LogP contribution in [0.25, 0.3) is 0 Å². The summed E-state index contributed by atoms with van der Waals surface area (Å²) >= 11 is 0. The van der Waals surface area contributed by atoms with Crippen LogP contribution in [-0.2, 0) is 0 Å². The molecule has 0 radical (unpaired) electrons. The fourth-order valence-corrected chi connectivity index (χ4v) is 3.75. The Labute approximate surface area is 61.4 Å². The summed E-state index contributed by atoms with van der Waals surface area (Å²) in [5.74, 6) is 4.76. The molecule has 1 N–H and O–H groups in total. The van der Waals surface area contributed by atoms with Crippen LogP contribution in [0, 0.1) is 29.6 Å². The first-order chi connectivity index (χ1) is 4.92. The van der Waals surface area contributed by atoms with Gasteiger partial charge in [0.15, 0.2) is 0 Å². The quantitative estimate of drug-likeness (QED) is 0.578. The Kier molecular flexibility index (Phi) is 0.883. The molecule has 1 heteroatoms. The Hall–Kier alpha value is -0.0400. The molecule has 3 rings (SSSR count). The highest BCUT2D eigenvalue weighted by atomic mass is 16.3. The van der Waals surface area contributed by atoms with Crippen LogP contribution < -0.4 is 0 Å². The third-order valence-corrected chi connectivity index (χ3v) is 4.11. The van der Waals surface area contributed by atoms with E-state index in [2.05, 4.69) is 0 Å². The van der Waals surface area contributed by atoms with E-state index in [0.29, 0.717) is 6.61 Å². The minimum atomic E-state index is 0.475. The van der Waals surface area contributed by atoms with E-state index in [0.717, 1.165) is 29.6 Å². The van der Waals surface area contributed by atoms with E-state index in [4.69, 9.17) is 5.11 Å². The SMILES string of the molecule is OCC1C2C3CCC(C3)C12. The highest BCUT2D eigenvalue weighted by molar-refractivity contribution is 5.12. The van der Waals surface area contributed by atoms with Crippen LogP contribution in [-0.4, -0.2) is 11.7 Å². The molecule has 0 amide bonds. The average Bonchev–Trinajstić information content (AvgIpc) is 2.36. The van der Waals surface area contributed by atoms with Gasteiger partial charge < -0.3 is 5.11 Å². The molecule has 0 aliphatic heterocycles. The molecule has 3 aliphatic rings. The van der Waals surface area contributed by atoms with Gasteiger partial charge in [-0.25, -0.2) is 0 Å². The predicted molar refractivity (Wildman–Crippen MR) is 38.4 cm³/mol. The molecular weight excluding hydrogens is 124 g/mol. The van der Waals surface area contributed by atoms with Crippen LogP contribution in [0.15, 0.2) is 0 Å². The zero-order valence-corrected chi connectivity index (χ0v) is 6.16. The third kappa shape index (κ3) is 0.460. The van der Waals surface area contributed by atoms with Crippen LogP contribution in [0.3, 0.4) is 0 Å². The molecule has 2 bridgehead atoms. The Morgan fingerprint density at radius 3 is 2.20 bits per heavy atom. The molecule has 3 fully saturated rings. The maximum absolute atomic E-state index is 8.98. The Morgan fingerprint density at radius 1 is 1.10 bits per heavy atom. The Morgan fingerprint density at radius 2 is 1.70 bits per heavy atom. The fourth-order valence-electron chi connectivity index (χ4n) is 3.75. The first-order valence-electron chi connectivity index (χ1n) is 4.52. The van der Waals surface area contributed by atoms with Gasteiger partial charge in [0.25, 0.3) is 0 Å². The molecule has 0 aromatic carbocycles. The van der Waals surface area contributed by atoms with Gasteiger partial charge in [0, 0.05) is 6.61 Å². The van der Waals surface area contributed by atoms with Crippen molar-refractivity contribution in [2.24, 2.45) is 29.6 Å². The van der Waals surface area contributed by atoms with Crippen molar-refractivity contribution in [2.45, 2.75) is 19.3 Å². The normalized spacial score (nSPS) is 62.7. The fraction of sp³-hybridized carbons (Fsp3) is 1.00. The Balaban J connectivity index is 1.84. The van der Waals surface area contributed by atoms with Gasteiger partial charge in [-0.15, -0.1) is 0 Å². The molecule has 10 heavy (non-hydrogen) atoms. The second kappa shape index (κ2) is 1.58. The summed E-state index contributed by atoms with van der Waals surface area (Å²) in [7, 11) is 0. The first kappa shape index (κ1) is 5.59. The van der Waals surface area contributed by atoms with E-state index in [1.807, 2.05) is 0 Å². The first-order valence-corrected chi connectivity index (χ1v) is 4.52. The van der Waals surface area contributed by atoms with Crippen molar-refractivity contribution in [3.8, 4) is 0 Å². The topological polar surface area (TPSA) is 20.2 Å². The molecule has 4 atom stereocenters. The zero-order valence-electron chi connectivity index (χ0n) is 6.16. The van der Waals surface area contributed by atoms with Gasteiger partial charge in [-0.1, -0.05) is 0 Å². The lowest BCUT2D eigenvalue weighted by Gasteiger charge is -2.04. The van der Waals surface area contributed by atoms with Crippen LogP contribution in [0.4, 0.5) is 0 Å². The van der Waals surface area contributed by atoms with Gasteiger partial charge in [0.2, 0.25) is 0 Å². The van der Waals surface area contributed by atoms with Crippen molar-refractivity contribution in [1.82, 2.24) is 0 Å². The molecule has 0 aromatic rings. The van der Waals surface area contributed by atoms with Gasteiger partial charge in [-0.05, 0) is 48.9 Å². The smallest absolute Gasteiger partial charge is 0.0464 e. The van der Waals surface area contributed by atoms with Crippen LogP contribution in [0.5, 0.6) is 0 Å². The lowest BCUT2D eigenvalue weighted by atomic mass is 10.0. The molecule has 56 valence electrons. The molecule has 1 nitrogen and oxygen atoms in total. The van der Waals surface area contributed by atoms with Gasteiger partial charge in [0.1, 0.15) is 0 Å². The van der Waals surface area contributed by atoms with Gasteiger partial charge in [-0.3, -0.25) is 0 Å². The van der Waals surface area contributed by atoms with Gasteiger partial charge in [-0.2, -0.15) is 0 Å². The van der Waals surface area contributed by atoms with Gasteiger partial charge >= 0.3 is 0 Å². The monoisotopic (exact) mass is 138 g/mol. The predicted octanol–water partition coefficient (Wildman–Crippen LogP) is 1.27. The molecule has 0 aromatic heterocycles. The van der Waals surface area contributed by atoms with E-state index in [-0.39, 0.29) is 0 Å².